The molecule has 0 spiro atoms. The summed E-state index contributed by atoms with van der Waals surface area (Å²) in [6, 6.07) is 18.9. The molecule has 0 fully saturated rings. The molecule has 1 aromatic heterocycles. The first kappa shape index (κ1) is 19.6. The van der Waals surface area contributed by atoms with Gasteiger partial charge in [-0.3, -0.25) is 9.78 Å². The van der Waals surface area contributed by atoms with E-state index in [1.165, 1.54) is 0 Å². The number of hydrogen-bond acceptors (Lipinski definition) is 4. The lowest BCUT2D eigenvalue weighted by Crippen LogP contribution is -2.27. The topological polar surface area (TPSA) is 60.5 Å². The van der Waals surface area contributed by atoms with Crippen LogP contribution in [0.25, 0.3) is 0 Å². The Hall–Kier alpha value is -3.18. The Bertz CT molecular complexity index is 895. The minimum Gasteiger partial charge on any atom is -0.489 e. The average Bonchev–Trinajstić information content (AvgIpc) is 2.74. The van der Waals surface area contributed by atoms with Crippen molar-refractivity contribution in [2.24, 2.45) is 0 Å². The lowest BCUT2D eigenvalue weighted by Gasteiger charge is -2.16. The Balaban J connectivity index is 1.60. The van der Waals surface area contributed by atoms with E-state index in [-0.39, 0.29) is 11.9 Å². The normalized spacial score (nSPS) is 11.6. The molecule has 0 aliphatic rings. The number of nitrogens with zero attached hydrogens (tertiary/aromatic N) is 1. The quantitative estimate of drug-likeness (QED) is 0.637. The third-order valence-corrected chi connectivity index (χ3v) is 4.42. The van der Waals surface area contributed by atoms with Crippen molar-refractivity contribution in [3.05, 3.63) is 95.3 Å². The molecule has 0 aliphatic carbocycles. The number of hydrogen-bond donors (Lipinski definition) is 1. The molecule has 1 N–H and O–H groups in total. The number of methoxy groups -OCH3 is 1. The molecule has 5 nitrogen and oxygen atoms in total. The van der Waals surface area contributed by atoms with Gasteiger partial charge in [-0.15, -0.1) is 0 Å². The lowest BCUT2D eigenvalue weighted by atomic mass is 10.1. The van der Waals surface area contributed by atoms with Crippen LogP contribution in [0.1, 0.15) is 40.0 Å². The monoisotopic (exact) mass is 376 g/mol. The summed E-state index contributed by atoms with van der Waals surface area (Å²) in [5, 5.41) is 3.05. The SMILES string of the molecule is COCc1ccccc1C(=O)NC(C)c1ccc(OCc2cccnc2)cc1. The van der Waals surface area contributed by atoms with Crippen LogP contribution in [-0.4, -0.2) is 18.0 Å². The molecule has 0 saturated heterocycles. The zero-order valence-electron chi connectivity index (χ0n) is 16.1. The van der Waals surface area contributed by atoms with Crippen molar-refractivity contribution in [3.8, 4) is 5.75 Å². The fourth-order valence-electron chi connectivity index (χ4n) is 2.88. The Morgan fingerprint density at radius 1 is 1.04 bits per heavy atom. The molecule has 0 aliphatic heterocycles. The van der Waals surface area contributed by atoms with Gasteiger partial charge < -0.3 is 14.8 Å². The highest BCUT2D eigenvalue weighted by Crippen LogP contribution is 2.19. The number of pyridine rings is 1. The van der Waals surface area contributed by atoms with Crippen molar-refractivity contribution >= 4 is 5.91 Å². The number of aromatic nitrogens is 1. The van der Waals surface area contributed by atoms with Gasteiger partial charge in [0.1, 0.15) is 12.4 Å². The summed E-state index contributed by atoms with van der Waals surface area (Å²) in [4.78, 5) is 16.7. The molecule has 144 valence electrons. The van der Waals surface area contributed by atoms with Crippen LogP contribution in [-0.2, 0) is 18.0 Å². The standard InChI is InChI=1S/C23H24N2O3/c1-17(25-23(26)22-8-4-3-7-20(22)16-27-2)19-9-11-21(12-10-19)28-15-18-6-5-13-24-14-18/h3-14,17H,15-16H2,1-2H3,(H,25,26). The summed E-state index contributed by atoms with van der Waals surface area (Å²) in [7, 11) is 1.62. The van der Waals surface area contributed by atoms with Gasteiger partial charge in [-0.1, -0.05) is 36.4 Å². The van der Waals surface area contributed by atoms with Gasteiger partial charge >= 0.3 is 0 Å². The highest BCUT2D eigenvalue weighted by molar-refractivity contribution is 5.95. The minimum atomic E-state index is -0.129. The molecule has 0 radical (unpaired) electrons. The van der Waals surface area contributed by atoms with Crippen molar-refractivity contribution < 1.29 is 14.3 Å². The van der Waals surface area contributed by atoms with Crippen LogP contribution in [0.3, 0.4) is 0 Å². The Kier molecular flexibility index (Phi) is 6.76. The van der Waals surface area contributed by atoms with E-state index < -0.39 is 0 Å². The van der Waals surface area contributed by atoms with Gasteiger partial charge in [-0.2, -0.15) is 0 Å². The van der Waals surface area contributed by atoms with E-state index in [2.05, 4.69) is 10.3 Å². The van der Waals surface area contributed by atoms with Crippen LogP contribution in [0.15, 0.2) is 73.1 Å². The first-order chi connectivity index (χ1) is 13.7. The molecule has 3 aromatic rings. The van der Waals surface area contributed by atoms with E-state index in [1.807, 2.05) is 67.6 Å². The predicted molar refractivity (Wildman–Crippen MR) is 108 cm³/mol. The van der Waals surface area contributed by atoms with Gasteiger partial charge in [-0.25, -0.2) is 0 Å². The van der Waals surface area contributed by atoms with Crippen LogP contribution < -0.4 is 10.1 Å². The van der Waals surface area contributed by atoms with Crippen molar-refractivity contribution in [1.29, 1.82) is 0 Å². The molecule has 0 saturated carbocycles. The zero-order valence-corrected chi connectivity index (χ0v) is 16.1. The first-order valence-corrected chi connectivity index (χ1v) is 9.16. The van der Waals surface area contributed by atoms with Crippen LogP contribution in [0.5, 0.6) is 5.75 Å². The largest absolute Gasteiger partial charge is 0.489 e. The molecule has 28 heavy (non-hydrogen) atoms. The lowest BCUT2D eigenvalue weighted by molar-refractivity contribution is 0.0935. The third kappa shape index (κ3) is 5.18. The molecule has 2 aromatic carbocycles. The Morgan fingerprint density at radius 2 is 1.82 bits per heavy atom. The Morgan fingerprint density at radius 3 is 2.54 bits per heavy atom. The van der Waals surface area contributed by atoms with Crippen LogP contribution >= 0.6 is 0 Å². The van der Waals surface area contributed by atoms with Crippen molar-refractivity contribution in [3.63, 3.8) is 0 Å². The third-order valence-electron chi connectivity index (χ3n) is 4.42. The number of benzene rings is 2. The molecule has 5 heteroatoms. The minimum absolute atomic E-state index is 0.114. The van der Waals surface area contributed by atoms with Crippen molar-refractivity contribution in [1.82, 2.24) is 10.3 Å². The molecule has 0 bridgehead atoms. The first-order valence-electron chi connectivity index (χ1n) is 9.16. The second-order valence-electron chi connectivity index (χ2n) is 6.50. The van der Waals surface area contributed by atoms with Gasteiger partial charge in [0.05, 0.1) is 12.6 Å². The highest BCUT2D eigenvalue weighted by atomic mass is 16.5. The fraction of sp³-hybridized carbons (Fsp3) is 0.217. The zero-order chi connectivity index (χ0) is 19.8. The number of amides is 1. The van der Waals surface area contributed by atoms with E-state index in [1.54, 1.807) is 19.5 Å². The maximum atomic E-state index is 12.7. The summed E-state index contributed by atoms with van der Waals surface area (Å²) in [5.74, 6) is 0.661. The van der Waals surface area contributed by atoms with Gasteiger partial charge in [0.25, 0.3) is 5.91 Å². The van der Waals surface area contributed by atoms with E-state index >= 15 is 0 Å². The highest BCUT2D eigenvalue weighted by Gasteiger charge is 2.14. The van der Waals surface area contributed by atoms with E-state index in [0.717, 1.165) is 22.4 Å². The fourth-order valence-corrected chi connectivity index (χ4v) is 2.88. The van der Waals surface area contributed by atoms with Gasteiger partial charge in [0.2, 0.25) is 0 Å². The van der Waals surface area contributed by atoms with E-state index in [0.29, 0.717) is 18.8 Å². The smallest absolute Gasteiger partial charge is 0.252 e. The average molecular weight is 376 g/mol. The van der Waals surface area contributed by atoms with Crippen LogP contribution in [0.4, 0.5) is 0 Å². The molecule has 1 heterocycles. The number of carbonyl (C=O) groups excluding carboxylic acids is 1. The maximum Gasteiger partial charge on any atom is 0.252 e. The van der Waals surface area contributed by atoms with Crippen LogP contribution in [0.2, 0.25) is 0 Å². The second kappa shape index (κ2) is 9.67. The number of ether oxygens (including phenoxy) is 2. The summed E-state index contributed by atoms with van der Waals surface area (Å²) in [5.41, 5.74) is 3.52. The molecule has 3 rings (SSSR count). The Labute approximate surface area is 165 Å². The molecular weight excluding hydrogens is 352 g/mol. The van der Waals surface area contributed by atoms with Gasteiger partial charge in [-0.05, 0) is 42.3 Å². The van der Waals surface area contributed by atoms with Gasteiger partial charge in [0, 0.05) is 30.6 Å². The van der Waals surface area contributed by atoms with Gasteiger partial charge in [0.15, 0.2) is 0 Å². The number of nitrogens with one attached hydrogen (secondary N) is 1. The molecule has 1 atom stereocenters. The summed E-state index contributed by atoms with van der Waals surface area (Å²) in [6.07, 6.45) is 3.52. The van der Waals surface area contributed by atoms with Crippen molar-refractivity contribution in [2.75, 3.05) is 7.11 Å². The number of rotatable bonds is 8. The van der Waals surface area contributed by atoms with Crippen LogP contribution in [0, 0.1) is 0 Å². The summed E-state index contributed by atoms with van der Waals surface area (Å²) < 4.78 is 11.0. The van der Waals surface area contributed by atoms with Crippen molar-refractivity contribution in [2.45, 2.75) is 26.2 Å². The second-order valence-corrected chi connectivity index (χ2v) is 6.50. The van der Waals surface area contributed by atoms with E-state index in [4.69, 9.17) is 9.47 Å². The maximum absolute atomic E-state index is 12.7. The number of carbonyl (C=O) groups is 1. The molecule has 1 unspecified atom stereocenters. The molecule has 1 amide bonds. The predicted octanol–water partition coefficient (Wildman–Crippen LogP) is 4.30. The summed E-state index contributed by atoms with van der Waals surface area (Å²) in [6.45, 7) is 2.83. The van der Waals surface area contributed by atoms with E-state index in [9.17, 15) is 4.79 Å². The summed E-state index contributed by atoms with van der Waals surface area (Å²) >= 11 is 0. The molecular formula is C23H24N2O3.